The molecule has 2 aromatic heterocycles. The first-order chi connectivity index (χ1) is 21.0. The van der Waals surface area contributed by atoms with E-state index in [9.17, 15) is 9.59 Å². The average Bonchev–Trinajstić information content (AvgIpc) is 3.04. The Labute approximate surface area is 255 Å². The zero-order chi connectivity index (χ0) is 30.0. The molecule has 4 N–H and O–H groups in total. The van der Waals surface area contributed by atoms with Crippen molar-refractivity contribution in [2.75, 3.05) is 10.9 Å². The molecule has 0 saturated heterocycles. The molecule has 0 saturated carbocycles. The van der Waals surface area contributed by atoms with Crippen LogP contribution in [0.2, 0.25) is 10.0 Å². The summed E-state index contributed by atoms with van der Waals surface area (Å²) in [4.78, 5) is 23.6. The molecule has 0 amide bonds. The van der Waals surface area contributed by atoms with E-state index in [0.29, 0.717) is 29.2 Å². The summed E-state index contributed by atoms with van der Waals surface area (Å²) in [7, 11) is 0. The standard InChI is InChI=1S/C31H24Cl2N8O2/c32-27-25(18-34-40-30(27)42)37-36-24(21-9-3-1-4-10-21)13-7-8-20-14-16-23(17-15-20)29(22-11-5-2-6-12-22)39-38-26-19-35-41-31(43)28(26)33/h1-7,9-19H,8H2,(H2,37,40,42)(H2,38,41,43)/b13-7+,36-24+,39-29-. The highest BCUT2D eigenvalue weighted by atomic mass is 35.5. The van der Waals surface area contributed by atoms with E-state index in [1.807, 2.05) is 97.1 Å². The number of aromatic nitrogens is 4. The van der Waals surface area contributed by atoms with Crippen molar-refractivity contribution in [3.63, 3.8) is 0 Å². The third-order valence-corrected chi connectivity index (χ3v) is 6.90. The molecule has 3 aromatic carbocycles. The van der Waals surface area contributed by atoms with Crippen molar-refractivity contribution in [1.82, 2.24) is 20.4 Å². The van der Waals surface area contributed by atoms with Crippen molar-refractivity contribution in [3.8, 4) is 0 Å². The number of aromatic amines is 2. The van der Waals surface area contributed by atoms with E-state index in [-0.39, 0.29) is 10.0 Å². The Morgan fingerprint density at radius 1 is 0.698 bits per heavy atom. The minimum absolute atomic E-state index is 0.0268. The predicted octanol–water partition coefficient (Wildman–Crippen LogP) is 5.64. The summed E-state index contributed by atoms with van der Waals surface area (Å²) in [6.07, 6.45) is 7.32. The fourth-order valence-electron chi connectivity index (χ4n) is 3.96. The Morgan fingerprint density at radius 3 is 1.79 bits per heavy atom. The summed E-state index contributed by atoms with van der Waals surface area (Å²) < 4.78 is 0. The van der Waals surface area contributed by atoms with E-state index >= 15 is 0 Å². The molecule has 2 heterocycles. The van der Waals surface area contributed by atoms with Crippen LogP contribution >= 0.6 is 23.2 Å². The second-order valence-corrected chi connectivity index (χ2v) is 9.83. The zero-order valence-corrected chi connectivity index (χ0v) is 24.0. The second-order valence-electron chi connectivity index (χ2n) is 9.07. The first kappa shape index (κ1) is 29.2. The van der Waals surface area contributed by atoms with Crippen molar-refractivity contribution < 1.29 is 0 Å². The fourth-order valence-corrected chi connectivity index (χ4v) is 4.23. The van der Waals surface area contributed by atoms with Crippen molar-refractivity contribution in [2.45, 2.75) is 6.42 Å². The Bertz CT molecular complexity index is 1900. The van der Waals surface area contributed by atoms with Crippen molar-refractivity contribution >= 4 is 46.0 Å². The van der Waals surface area contributed by atoms with Gasteiger partial charge in [0.2, 0.25) is 0 Å². The summed E-state index contributed by atoms with van der Waals surface area (Å²) in [5.74, 6) is 0. The third-order valence-electron chi connectivity index (χ3n) is 6.15. The number of hydrogen-bond donors (Lipinski definition) is 4. The van der Waals surface area contributed by atoms with E-state index in [4.69, 9.17) is 23.2 Å². The van der Waals surface area contributed by atoms with Crippen LogP contribution in [0.3, 0.4) is 0 Å². The van der Waals surface area contributed by atoms with Crippen LogP contribution in [0.4, 0.5) is 11.4 Å². The highest BCUT2D eigenvalue weighted by Gasteiger charge is 2.10. The van der Waals surface area contributed by atoms with E-state index in [1.54, 1.807) is 0 Å². The molecule has 0 bridgehead atoms. The molecule has 0 aliphatic heterocycles. The molecule has 0 aliphatic rings. The molecule has 12 heteroatoms. The van der Waals surface area contributed by atoms with Gasteiger partial charge in [-0.05, 0) is 18.1 Å². The van der Waals surface area contributed by atoms with Crippen LogP contribution in [0.15, 0.2) is 129 Å². The van der Waals surface area contributed by atoms with Gasteiger partial charge in [0.15, 0.2) is 0 Å². The Balaban J connectivity index is 1.36. The molecule has 0 atom stereocenters. The maximum absolute atomic E-state index is 11.8. The van der Waals surface area contributed by atoms with Crippen LogP contribution in [-0.4, -0.2) is 31.8 Å². The minimum atomic E-state index is -0.507. The molecule has 214 valence electrons. The maximum atomic E-state index is 11.8. The number of nitrogens with one attached hydrogen (secondary N) is 4. The monoisotopic (exact) mass is 610 g/mol. The van der Waals surface area contributed by atoms with Gasteiger partial charge >= 0.3 is 0 Å². The number of hydrogen-bond acceptors (Lipinski definition) is 8. The molecule has 0 radical (unpaired) electrons. The van der Waals surface area contributed by atoms with Gasteiger partial charge in [-0.3, -0.25) is 20.4 Å². The number of benzene rings is 3. The molecule has 43 heavy (non-hydrogen) atoms. The number of halogens is 2. The highest BCUT2D eigenvalue weighted by molar-refractivity contribution is 6.33. The number of hydrazone groups is 2. The molecule has 10 nitrogen and oxygen atoms in total. The van der Waals surface area contributed by atoms with Crippen LogP contribution in [0, 0.1) is 0 Å². The van der Waals surface area contributed by atoms with Crippen molar-refractivity contribution in [2.24, 2.45) is 10.2 Å². The van der Waals surface area contributed by atoms with E-state index in [1.165, 1.54) is 12.4 Å². The molecule has 0 aliphatic carbocycles. The SMILES string of the molecule is O=c1[nH]ncc(N/N=C(/c2ccccc2)c2ccc(C/C=C/C(=N\Nc3cn[nH]c(=O)c3Cl)c3ccccc3)cc2)c1Cl. The van der Waals surface area contributed by atoms with Crippen LogP contribution in [0.25, 0.3) is 0 Å². The number of rotatable bonds is 10. The summed E-state index contributed by atoms with van der Waals surface area (Å²) in [6, 6.07) is 27.3. The summed E-state index contributed by atoms with van der Waals surface area (Å²) >= 11 is 12.2. The molecule has 5 aromatic rings. The number of allylic oxidation sites excluding steroid dienone is 2. The van der Waals surface area contributed by atoms with Gasteiger partial charge in [-0.25, -0.2) is 10.2 Å². The normalized spacial score (nSPS) is 12.0. The smallest absolute Gasteiger partial charge is 0.275 e. The Kier molecular flexibility index (Phi) is 9.53. The average molecular weight is 611 g/mol. The lowest BCUT2D eigenvalue weighted by Crippen LogP contribution is -2.12. The van der Waals surface area contributed by atoms with E-state index in [2.05, 4.69) is 41.4 Å². The van der Waals surface area contributed by atoms with Gasteiger partial charge in [-0.15, -0.1) is 0 Å². The Morgan fingerprint density at radius 2 is 1.21 bits per heavy atom. The van der Waals surface area contributed by atoms with Gasteiger partial charge in [0, 0.05) is 16.7 Å². The maximum Gasteiger partial charge on any atom is 0.285 e. The molecule has 0 fully saturated rings. The van der Waals surface area contributed by atoms with E-state index in [0.717, 1.165) is 22.3 Å². The summed E-state index contributed by atoms with van der Waals surface area (Å²) in [6.45, 7) is 0. The van der Waals surface area contributed by atoms with Gasteiger partial charge in [0.25, 0.3) is 11.1 Å². The fraction of sp³-hybridized carbons (Fsp3) is 0.0323. The second kappa shape index (κ2) is 14.0. The largest absolute Gasteiger partial charge is 0.285 e. The quantitative estimate of drug-likeness (QED) is 0.119. The highest BCUT2D eigenvalue weighted by Crippen LogP contribution is 2.18. The molecular weight excluding hydrogens is 587 g/mol. The molecule has 5 rings (SSSR count). The zero-order valence-electron chi connectivity index (χ0n) is 22.5. The van der Waals surface area contributed by atoms with Crippen LogP contribution in [-0.2, 0) is 6.42 Å². The third kappa shape index (κ3) is 7.50. The first-order valence-electron chi connectivity index (χ1n) is 13.0. The topological polar surface area (TPSA) is 140 Å². The van der Waals surface area contributed by atoms with Crippen LogP contribution < -0.4 is 22.0 Å². The molecule has 0 unspecified atom stereocenters. The lowest BCUT2D eigenvalue weighted by molar-refractivity contribution is 0.987. The van der Waals surface area contributed by atoms with Gasteiger partial charge in [0.1, 0.15) is 21.4 Å². The van der Waals surface area contributed by atoms with Crippen LogP contribution in [0.5, 0.6) is 0 Å². The van der Waals surface area contributed by atoms with Crippen LogP contribution in [0.1, 0.15) is 22.3 Å². The lowest BCUT2D eigenvalue weighted by atomic mass is 10.00. The number of H-pyrrole nitrogens is 2. The van der Waals surface area contributed by atoms with E-state index < -0.39 is 11.1 Å². The van der Waals surface area contributed by atoms with Gasteiger partial charge in [-0.2, -0.15) is 20.4 Å². The van der Waals surface area contributed by atoms with Gasteiger partial charge in [-0.1, -0.05) is 114 Å². The lowest BCUT2D eigenvalue weighted by Gasteiger charge is -2.10. The molecule has 0 spiro atoms. The first-order valence-corrected chi connectivity index (χ1v) is 13.8. The predicted molar refractivity (Wildman–Crippen MR) is 171 cm³/mol. The minimum Gasteiger partial charge on any atom is -0.275 e. The number of anilines is 2. The molecular formula is C31H24Cl2N8O2. The van der Waals surface area contributed by atoms with Crippen molar-refractivity contribution in [1.29, 1.82) is 0 Å². The summed E-state index contributed by atoms with van der Waals surface area (Å²) in [5, 5.41) is 21.1. The Hall–Kier alpha value is -5.32. The summed E-state index contributed by atoms with van der Waals surface area (Å²) in [5.41, 5.74) is 10.3. The number of nitrogens with zero attached hydrogens (tertiary/aromatic N) is 4. The van der Waals surface area contributed by atoms with Gasteiger partial charge in [0.05, 0.1) is 23.8 Å². The van der Waals surface area contributed by atoms with Crippen molar-refractivity contribution in [3.05, 3.63) is 162 Å². The van der Waals surface area contributed by atoms with Gasteiger partial charge < -0.3 is 0 Å².